The van der Waals surface area contributed by atoms with Crippen LogP contribution in [0.15, 0.2) is 41.4 Å². The van der Waals surface area contributed by atoms with Crippen LogP contribution in [0.2, 0.25) is 0 Å². The summed E-state index contributed by atoms with van der Waals surface area (Å²) in [6, 6.07) is 11.9. The third kappa shape index (κ3) is 3.42. The van der Waals surface area contributed by atoms with Crippen LogP contribution in [0.5, 0.6) is 0 Å². The van der Waals surface area contributed by atoms with Gasteiger partial charge in [-0.25, -0.2) is 4.98 Å². The number of ketones is 1. The summed E-state index contributed by atoms with van der Waals surface area (Å²) >= 11 is 1.06. The molecule has 0 bridgehead atoms. The van der Waals surface area contributed by atoms with Crippen LogP contribution in [-0.4, -0.2) is 22.4 Å². The highest BCUT2D eigenvalue weighted by Crippen LogP contribution is 2.24. The van der Waals surface area contributed by atoms with E-state index in [0.29, 0.717) is 5.56 Å². The number of hydrogen-bond acceptors (Lipinski definition) is 6. The molecule has 0 aliphatic carbocycles. The largest absolute Gasteiger partial charge is 0.383 e. The molecular formula is C15H12N4O2S. The molecule has 0 saturated carbocycles. The minimum atomic E-state index is -0.723. The molecule has 22 heavy (non-hydrogen) atoms. The van der Waals surface area contributed by atoms with E-state index in [2.05, 4.69) is 4.98 Å². The third-order valence-electron chi connectivity index (χ3n) is 2.84. The van der Waals surface area contributed by atoms with Gasteiger partial charge in [0.25, 0.3) is 5.91 Å². The maximum atomic E-state index is 12.1. The monoisotopic (exact) mass is 312 g/mol. The van der Waals surface area contributed by atoms with Gasteiger partial charge in [0.1, 0.15) is 16.9 Å². The van der Waals surface area contributed by atoms with E-state index in [0.717, 1.165) is 11.8 Å². The van der Waals surface area contributed by atoms with E-state index in [-0.39, 0.29) is 33.5 Å². The smallest absolute Gasteiger partial charge is 0.251 e. The van der Waals surface area contributed by atoms with Gasteiger partial charge in [0.15, 0.2) is 5.78 Å². The molecule has 2 rings (SSSR count). The molecule has 0 unspecified atom stereocenters. The summed E-state index contributed by atoms with van der Waals surface area (Å²) in [6.45, 7) is 0. The lowest BCUT2D eigenvalue weighted by molar-refractivity contribution is 0.0992. The number of amides is 1. The van der Waals surface area contributed by atoms with Crippen molar-refractivity contribution < 1.29 is 9.59 Å². The van der Waals surface area contributed by atoms with Gasteiger partial charge in [-0.2, -0.15) is 5.26 Å². The summed E-state index contributed by atoms with van der Waals surface area (Å²) in [5, 5.41) is 9.14. The number of nitrogen functional groups attached to an aromatic ring is 1. The zero-order valence-corrected chi connectivity index (χ0v) is 12.3. The fourth-order valence-electron chi connectivity index (χ4n) is 1.73. The molecule has 4 N–H and O–H groups in total. The molecule has 1 amide bonds. The first kappa shape index (κ1) is 15.5. The first-order valence-corrected chi connectivity index (χ1v) is 7.23. The van der Waals surface area contributed by atoms with Crippen molar-refractivity contribution in [3.8, 4) is 6.07 Å². The quantitative estimate of drug-likeness (QED) is 0.638. The Bertz CT molecular complexity index is 769. The van der Waals surface area contributed by atoms with Gasteiger partial charge in [-0.15, -0.1) is 0 Å². The van der Waals surface area contributed by atoms with Gasteiger partial charge in [0, 0.05) is 5.56 Å². The molecular weight excluding hydrogens is 300 g/mol. The maximum Gasteiger partial charge on any atom is 0.251 e. The number of rotatable bonds is 5. The van der Waals surface area contributed by atoms with Crippen LogP contribution in [0.25, 0.3) is 0 Å². The number of benzene rings is 1. The second-order valence-corrected chi connectivity index (χ2v) is 5.29. The van der Waals surface area contributed by atoms with Crippen molar-refractivity contribution in [2.75, 3.05) is 11.5 Å². The Balaban J connectivity index is 2.23. The van der Waals surface area contributed by atoms with Crippen molar-refractivity contribution >= 4 is 29.3 Å². The van der Waals surface area contributed by atoms with Crippen LogP contribution in [-0.2, 0) is 0 Å². The molecule has 0 aliphatic rings. The summed E-state index contributed by atoms with van der Waals surface area (Å²) in [6.07, 6.45) is 0. The minimum absolute atomic E-state index is 0.00200. The number of anilines is 1. The third-order valence-corrected chi connectivity index (χ3v) is 3.83. The molecule has 110 valence electrons. The number of primary amides is 1. The number of carbonyl (C=O) groups excluding carboxylic acids is 2. The molecule has 7 heteroatoms. The minimum Gasteiger partial charge on any atom is -0.383 e. The maximum absolute atomic E-state index is 12.1. The van der Waals surface area contributed by atoms with Crippen molar-refractivity contribution in [1.29, 1.82) is 5.26 Å². The van der Waals surface area contributed by atoms with E-state index in [1.807, 2.05) is 12.1 Å². The zero-order chi connectivity index (χ0) is 16.1. The van der Waals surface area contributed by atoms with Gasteiger partial charge in [-0.1, -0.05) is 42.1 Å². The number of thioether (sulfide) groups is 1. The van der Waals surface area contributed by atoms with Gasteiger partial charge < -0.3 is 11.5 Å². The molecule has 2 aromatic rings. The van der Waals surface area contributed by atoms with Crippen LogP contribution in [0.4, 0.5) is 5.82 Å². The second-order valence-electron chi connectivity index (χ2n) is 4.33. The van der Waals surface area contributed by atoms with E-state index in [1.165, 1.54) is 6.07 Å². The number of nitrogens with two attached hydrogens (primary N) is 2. The summed E-state index contributed by atoms with van der Waals surface area (Å²) in [4.78, 5) is 27.5. The Morgan fingerprint density at radius 1 is 1.27 bits per heavy atom. The Morgan fingerprint density at radius 2 is 1.95 bits per heavy atom. The van der Waals surface area contributed by atoms with E-state index in [4.69, 9.17) is 16.7 Å². The van der Waals surface area contributed by atoms with E-state index in [9.17, 15) is 9.59 Å². The average Bonchev–Trinajstić information content (AvgIpc) is 2.53. The molecule has 0 saturated heterocycles. The lowest BCUT2D eigenvalue weighted by Gasteiger charge is -2.07. The lowest BCUT2D eigenvalue weighted by Crippen LogP contribution is -2.15. The van der Waals surface area contributed by atoms with Crippen LogP contribution >= 0.6 is 11.8 Å². The van der Waals surface area contributed by atoms with E-state index >= 15 is 0 Å². The summed E-state index contributed by atoms with van der Waals surface area (Å²) in [5.41, 5.74) is 11.6. The summed E-state index contributed by atoms with van der Waals surface area (Å²) < 4.78 is 0. The number of nitrogens with zero attached hydrogens (tertiary/aromatic N) is 2. The predicted octanol–water partition coefficient (Wildman–Crippen LogP) is 1.61. The highest BCUT2D eigenvalue weighted by molar-refractivity contribution is 8.00. The first-order chi connectivity index (χ1) is 10.5. The fourth-order valence-corrected chi connectivity index (χ4v) is 2.64. The first-order valence-electron chi connectivity index (χ1n) is 6.24. The van der Waals surface area contributed by atoms with Gasteiger partial charge in [0.2, 0.25) is 0 Å². The number of hydrogen-bond donors (Lipinski definition) is 2. The number of carbonyl (C=O) groups is 2. The topological polar surface area (TPSA) is 123 Å². The van der Waals surface area contributed by atoms with Crippen molar-refractivity contribution in [2.24, 2.45) is 5.73 Å². The van der Waals surface area contributed by atoms with Crippen molar-refractivity contribution in [2.45, 2.75) is 5.03 Å². The fraction of sp³-hybridized carbons (Fsp3) is 0.0667. The predicted molar refractivity (Wildman–Crippen MR) is 83.4 cm³/mol. The summed E-state index contributed by atoms with van der Waals surface area (Å²) in [5.74, 6) is -0.741. The van der Waals surface area contributed by atoms with Crippen molar-refractivity contribution in [3.05, 3.63) is 53.1 Å². The van der Waals surface area contributed by atoms with Crippen molar-refractivity contribution in [3.63, 3.8) is 0 Å². The molecule has 1 heterocycles. The molecule has 0 spiro atoms. The van der Waals surface area contributed by atoms with Crippen molar-refractivity contribution in [1.82, 2.24) is 4.98 Å². The Labute approximate surface area is 131 Å². The average molecular weight is 312 g/mol. The zero-order valence-electron chi connectivity index (χ0n) is 11.4. The molecule has 0 aliphatic heterocycles. The Kier molecular flexibility index (Phi) is 4.76. The van der Waals surface area contributed by atoms with Gasteiger partial charge in [0.05, 0.1) is 16.9 Å². The van der Waals surface area contributed by atoms with E-state index in [1.54, 1.807) is 24.3 Å². The van der Waals surface area contributed by atoms with Gasteiger partial charge in [-0.05, 0) is 6.07 Å². The number of Topliss-reactive ketones (excluding diaryl/α,β-unsaturated/α-hetero) is 1. The Morgan fingerprint density at radius 3 is 2.55 bits per heavy atom. The van der Waals surface area contributed by atoms with Crippen LogP contribution in [0.3, 0.4) is 0 Å². The second kappa shape index (κ2) is 6.74. The number of aromatic nitrogens is 1. The normalized spacial score (nSPS) is 9.95. The molecule has 1 aromatic carbocycles. The standard InChI is InChI=1S/C15H12N4O2S/c16-7-10-6-11(14(18)21)15(19-13(10)17)22-8-12(20)9-4-2-1-3-5-9/h1-6H,8H2,(H2,17,19)(H2,18,21). The highest BCUT2D eigenvalue weighted by atomic mass is 32.2. The Hall–Kier alpha value is -2.85. The molecule has 1 aromatic heterocycles. The van der Waals surface area contributed by atoms with Crippen LogP contribution in [0, 0.1) is 11.3 Å². The summed E-state index contributed by atoms with van der Waals surface area (Å²) in [7, 11) is 0. The number of pyridine rings is 1. The van der Waals surface area contributed by atoms with Crippen LogP contribution in [0.1, 0.15) is 26.3 Å². The van der Waals surface area contributed by atoms with Crippen LogP contribution < -0.4 is 11.5 Å². The van der Waals surface area contributed by atoms with Gasteiger partial charge in [-0.3, -0.25) is 9.59 Å². The lowest BCUT2D eigenvalue weighted by atomic mass is 10.2. The number of nitriles is 1. The van der Waals surface area contributed by atoms with E-state index < -0.39 is 5.91 Å². The molecule has 0 fully saturated rings. The highest BCUT2D eigenvalue weighted by Gasteiger charge is 2.16. The molecule has 0 atom stereocenters. The van der Waals surface area contributed by atoms with Gasteiger partial charge >= 0.3 is 0 Å². The SMILES string of the molecule is N#Cc1cc(C(N)=O)c(SCC(=O)c2ccccc2)nc1N. The molecule has 6 nitrogen and oxygen atoms in total. The molecule has 0 radical (unpaired) electrons.